The summed E-state index contributed by atoms with van der Waals surface area (Å²) in [6.45, 7) is 0. The monoisotopic (exact) mass is 179 g/mol. The van der Waals surface area contributed by atoms with Crippen molar-refractivity contribution >= 4 is 0 Å². The highest BCUT2D eigenvalue weighted by Crippen LogP contribution is 2.36. The molecule has 2 rings (SSSR count). The van der Waals surface area contributed by atoms with Gasteiger partial charge in [-0.3, -0.25) is 0 Å². The summed E-state index contributed by atoms with van der Waals surface area (Å²) >= 11 is 0. The lowest BCUT2D eigenvalue weighted by atomic mass is 10.1. The number of ether oxygens (including phenoxy) is 1. The summed E-state index contributed by atoms with van der Waals surface area (Å²) in [4.78, 5) is 0. The number of hydrogen-bond donors (Lipinski definition) is 2. The van der Waals surface area contributed by atoms with Gasteiger partial charge in [-0.05, 0) is 18.1 Å². The highest BCUT2D eigenvalue weighted by atomic mass is 16.5. The Kier molecular flexibility index (Phi) is 1.98. The average molecular weight is 179 g/mol. The molecule has 2 unspecified atom stereocenters. The predicted octanol–water partition coefficient (Wildman–Crippen LogP) is 0.612. The van der Waals surface area contributed by atoms with Crippen LogP contribution in [0.1, 0.15) is 17.2 Å². The smallest absolute Gasteiger partial charge is 0.124 e. The number of aliphatic hydroxyl groups excluding tert-OH is 1. The van der Waals surface area contributed by atoms with Crippen LogP contribution in [0, 0.1) is 0 Å². The lowest BCUT2D eigenvalue weighted by Gasteiger charge is -2.11. The second-order valence-corrected chi connectivity index (χ2v) is 3.35. The molecule has 0 heterocycles. The summed E-state index contributed by atoms with van der Waals surface area (Å²) in [5, 5.41) is 9.76. The van der Waals surface area contributed by atoms with Gasteiger partial charge >= 0.3 is 0 Å². The molecular formula is C10H13NO2. The number of aliphatic hydroxyl groups is 1. The topological polar surface area (TPSA) is 55.5 Å². The Hall–Kier alpha value is -1.06. The first kappa shape index (κ1) is 8.53. The third-order valence-electron chi connectivity index (χ3n) is 2.53. The van der Waals surface area contributed by atoms with Crippen molar-refractivity contribution in [3.05, 3.63) is 29.3 Å². The van der Waals surface area contributed by atoms with Crippen molar-refractivity contribution in [3.63, 3.8) is 0 Å². The largest absolute Gasteiger partial charge is 0.496 e. The van der Waals surface area contributed by atoms with E-state index in [0.29, 0.717) is 0 Å². The van der Waals surface area contributed by atoms with Crippen molar-refractivity contribution < 1.29 is 9.84 Å². The molecule has 1 aliphatic rings. The molecule has 13 heavy (non-hydrogen) atoms. The molecule has 0 saturated heterocycles. The van der Waals surface area contributed by atoms with Gasteiger partial charge in [0.1, 0.15) is 5.75 Å². The molecule has 0 amide bonds. The minimum Gasteiger partial charge on any atom is -0.496 e. The predicted molar refractivity (Wildman–Crippen MR) is 49.6 cm³/mol. The van der Waals surface area contributed by atoms with Crippen molar-refractivity contribution in [1.82, 2.24) is 0 Å². The molecule has 0 radical (unpaired) electrons. The minimum absolute atomic E-state index is 0.189. The normalized spacial score (nSPS) is 25.8. The van der Waals surface area contributed by atoms with E-state index >= 15 is 0 Å². The van der Waals surface area contributed by atoms with E-state index < -0.39 is 6.10 Å². The van der Waals surface area contributed by atoms with E-state index in [9.17, 15) is 5.11 Å². The Morgan fingerprint density at radius 1 is 1.54 bits per heavy atom. The van der Waals surface area contributed by atoms with Crippen LogP contribution in [0.2, 0.25) is 0 Å². The summed E-state index contributed by atoms with van der Waals surface area (Å²) in [7, 11) is 1.60. The van der Waals surface area contributed by atoms with Crippen molar-refractivity contribution in [3.8, 4) is 5.75 Å². The average Bonchev–Trinajstić information content (AvgIpc) is 2.43. The standard InChI is InChI=1S/C10H13NO2/c1-13-8-4-2-3-6-5-7(11)10(12)9(6)8/h2-4,7,10,12H,5,11H2,1H3. The third kappa shape index (κ3) is 1.20. The van der Waals surface area contributed by atoms with E-state index in [0.717, 1.165) is 23.3 Å². The van der Waals surface area contributed by atoms with E-state index in [1.165, 1.54) is 0 Å². The highest BCUT2D eigenvalue weighted by Gasteiger charge is 2.30. The molecule has 3 N–H and O–H groups in total. The molecule has 1 aliphatic carbocycles. The SMILES string of the molecule is COc1cccc2c1C(O)C(N)C2. The molecule has 0 aliphatic heterocycles. The number of nitrogens with two attached hydrogens (primary N) is 1. The molecule has 3 nitrogen and oxygen atoms in total. The number of hydrogen-bond acceptors (Lipinski definition) is 3. The van der Waals surface area contributed by atoms with Crippen LogP contribution >= 0.6 is 0 Å². The fraction of sp³-hybridized carbons (Fsp3) is 0.400. The van der Waals surface area contributed by atoms with Gasteiger partial charge in [-0.15, -0.1) is 0 Å². The zero-order valence-electron chi connectivity index (χ0n) is 7.53. The molecule has 0 spiro atoms. The van der Waals surface area contributed by atoms with Crippen LogP contribution < -0.4 is 10.5 Å². The molecule has 3 heteroatoms. The molecule has 1 aromatic carbocycles. The number of rotatable bonds is 1. The zero-order valence-corrected chi connectivity index (χ0v) is 7.53. The zero-order chi connectivity index (χ0) is 9.42. The fourth-order valence-corrected chi connectivity index (χ4v) is 1.86. The van der Waals surface area contributed by atoms with Crippen molar-refractivity contribution in [2.45, 2.75) is 18.6 Å². The van der Waals surface area contributed by atoms with Crippen molar-refractivity contribution in [1.29, 1.82) is 0 Å². The van der Waals surface area contributed by atoms with Gasteiger partial charge in [-0.25, -0.2) is 0 Å². The summed E-state index contributed by atoms with van der Waals surface area (Å²) in [6.07, 6.45) is 0.152. The Labute approximate surface area is 77.1 Å². The van der Waals surface area contributed by atoms with Crippen molar-refractivity contribution in [2.24, 2.45) is 5.73 Å². The first-order chi connectivity index (χ1) is 6.24. The van der Waals surface area contributed by atoms with E-state index in [2.05, 4.69) is 0 Å². The van der Waals surface area contributed by atoms with Gasteiger partial charge in [0.25, 0.3) is 0 Å². The van der Waals surface area contributed by atoms with Gasteiger partial charge in [0.2, 0.25) is 0 Å². The van der Waals surface area contributed by atoms with E-state index in [1.807, 2.05) is 18.2 Å². The first-order valence-corrected chi connectivity index (χ1v) is 4.33. The Morgan fingerprint density at radius 3 is 3.00 bits per heavy atom. The summed E-state index contributed by atoms with van der Waals surface area (Å²) in [6, 6.07) is 5.56. The molecular weight excluding hydrogens is 166 g/mol. The third-order valence-corrected chi connectivity index (χ3v) is 2.53. The van der Waals surface area contributed by atoms with Gasteiger partial charge in [0, 0.05) is 11.6 Å². The molecule has 1 aromatic rings. The molecule has 0 fully saturated rings. The maximum atomic E-state index is 9.76. The minimum atomic E-state index is -0.578. The highest BCUT2D eigenvalue weighted by molar-refractivity contribution is 5.46. The number of fused-ring (bicyclic) bond motifs is 1. The van der Waals surface area contributed by atoms with Crippen LogP contribution in [0.15, 0.2) is 18.2 Å². The van der Waals surface area contributed by atoms with Gasteiger partial charge in [0.05, 0.1) is 13.2 Å². The second kappa shape index (κ2) is 3.01. The Balaban J connectivity index is 2.51. The molecule has 0 aromatic heterocycles. The maximum Gasteiger partial charge on any atom is 0.124 e. The number of methoxy groups -OCH3 is 1. The fourth-order valence-electron chi connectivity index (χ4n) is 1.86. The van der Waals surface area contributed by atoms with Crippen LogP contribution in [0.4, 0.5) is 0 Å². The van der Waals surface area contributed by atoms with E-state index in [-0.39, 0.29) is 6.04 Å². The van der Waals surface area contributed by atoms with Crippen LogP contribution in [0.25, 0.3) is 0 Å². The van der Waals surface area contributed by atoms with Crippen LogP contribution in [0.5, 0.6) is 5.75 Å². The van der Waals surface area contributed by atoms with Crippen LogP contribution in [-0.4, -0.2) is 18.3 Å². The second-order valence-electron chi connectivity index (χ2n) is 3.35. The Morgan fingerprint density at radius 2 is 2.31 bits per heavy atom. The van der Waals surface area contributed by atoms with Crippen LogP contribution in [-0.2, 0) is 6.42 Å². The quantitative estimate of drug-likeness (QED) is 0.664. The molecule has 0 bridgehead atoms. The molecule has 70 valence electrons. The molecule has 2 atom stereocenters. The van der Waals surface area contributed by atoms with E-state index in [4.69, 9.17) is 10.5 Å². The van der Waals surface area contributed by atoms with Gasteiger partial charge in [0.15, 0.2) is 0 Å². The van der Waals surface area contributed by atoms with Gasteiger partial charge < -0.3 is 15.6 Å². The number of benzene rings is 1. The maximum absolute atomic E-state index is 9.76. The summed E-state index contributed by atoms with van der Waals surface area (Å²) in [5.74, 6) is 0.734. The summed E-state index contributed by atoms with van der Waals surface area (Å²) < 4.78 is 5.16. The summed E-state index contributed by atoms with van der Waals surface area (Å²) in [5.41, 5.74) is 7.70. The lowest BCUT2D eigenvalue weighted by molar-refractivity contribution is 0.156. The Bertz CT molecular complexity index is 325. The van der Waals surface area contributed by atoms with Gasteiger partial charge in [-0.2, -0.15) is 0 Å². The van der Waals surface area contributed by atoms with Gasteiger partial charge in [-0.1, -0.05) is 12.1 Å². The molecule has 0 saturated carbocycles. The van der Waals surface area contributed by atoms with Crippen molar-refractivity contribution in [2.75, 3.05) is 7.11 Å². The lowest BCUT2D eigenvalue weighted by Crippen LogP contribution is -2.24. The van der Waals surface area contributed by atoms with Crippen LogP contribution in [0.3, 0.4) is 0 Å². The first-order valence-electron chi connectivity index (χ1n) is 4.33. The van der Waals surface area contributed by atoms with E-state index in [1.54, 1.807) is 7.11 Å².